The summed E-state index contributed by atoms with van der Waals surface area (Å²) in [5, 5.41) is 14.1. The van der Waals surface area contributed by atoms with E-state index in [2.05, 4.69) is 16.0 Å². The zero-order valence-electron chi connectivity index (χ0n) is 15.2. The third-order valence-corrected chi connectivity index (χ3v) is 4.83. The molecule has 2 aromatic carbocycles. The first-order valence-corrected chi connectivity index (χ1v) is 9.18. The number of aromatic hydroxyl groups is 1. The van der Waals surface area contributed by atoms with Crippen molar-refractivity contribution in [1.82, 2.24) is 20.6 Å². The van der Waals surface area contributed by atoms with E-state index in [1.807, 2.05) is 30.3 Å². The number of benzene rings is 2. The van der Waals surface area contributed by atoms with Gasteiger partial charge in [0.05, 0.1) is 11.9 Å². The fourth-order valence-corrected chi connectivity index (χ4v) is 3.36. The van der Waals surface area contributed by atoms with Crippen LogP contribution < -0.4 is 10.9 Å². The molecular formula is C21H20N4O3. The first kappa shape index (κ1) is 17.8. The van der Waals surface area contributed by atoms with Crippen molar-refractivity contribution in [2.24, 2.45) is 0 Å². The van der Waals surface area contributed by atoms with Crippen LogP contribution in [0.4, 0.5) is 0 Å². The van der Waals surface area contributed by atoms with Gasteiger partial charge in [0, 0.05) is 5.56 Å². The molecule has 0 aliphatic heterocycles. The molecule has 2 amide bonds. The lowest BCUT2D eigenvalue weighted by Gasteiger charge is -2.16. The van der Waals surface area contributed by atoms with Crippen molar-refractivity contribution >= 4 is 11.8 Å². The van der Waals surface area contributed by atoms with Crippen molar-refractivity contribution in [3.8, 4) is 11.4 Å². The van der Waals surface area contributed by atoms with Gasteiger partial charge in [-0.3, -0.25) is 20.4 Å². The van der Waals surface area contributed by atoms with Crippen molar-refractivity contribution in [2.45, 2.75) is 25.7 Å². The van der Waals surface area contributed by atoms with Crippen LogP contribution in [0.2, 0.25) is 0 Å². The quantitative estimate of drug-likeness (QED) is 0.612. The second-order valence-corrected chi connectivity index (χ2v) is 6.74. The van der Waals surface area contributed by atoms with Crippen LogP contribution in [0.5, 0.6) is 5.75 Å². The van der Waals surface area contributed by atoms with E-state index in [0.717, 1.165) is 19.3 Å². The van der Waals surface area contributed by atoms with E-state index in [1.54, 1.807) is 18.2 Å². The van der Waals surface area contributed by atoms with Gasteiger partial charge in [-0.2, -0.15) is 5.10 Å². The number of hydrogen-bond acceptors (Lipinski definition) is 4. The molecule has 1 aliphatic carbocycles. The monoisotopic (exact) mass is 376 g/mol. The van der Waals surface area contributed by atoms with Gasteiger partial charge in [-0.15, -0.1) is 0 Å². The molecule has 0 spiro atoms. The highest BCUT2D eigenvalue weighted by atomic mass is 16.3. The summed E-state index contributed by atoms with van der Waals surface area (Å²) < 4.78 is 1.40. The van der Waals surface area contributed by atoms with Crippen molar-refractivity contribution < 1.29 is 14.7 Å². The van der Waals surface area contributed by atoms with E-state index in [9.17, 15) is 14.7 Å². The first-order valence-electron chi connectivity index (χ1n) is 9.18. The Bertz CT molecular complexity index is 1030. The maximum absolute atomic E-state index is 12.4. The fraction of sp³-hybridized carbons (Fsp3) is 0.190. The molecule has 7 nitrogen and oxygen atoms in total. The zero-order chi connectivity index (χ0) is 19.5. The van der Waals surface area contributed by atoms with Crippen molar-refractivity contribution in [1.29, 1.82) is 0 Å². The van der Waals surface area contributed by atoms with Crippen LogP contribution in [0.25, 0.3) is 5.69 Å². The number of para-hydroxylation sites is 1. The molecule has 3 aromatic rings. The number of hydrazine groups is 1. The van der Waals surface area contributed by atoms with Crippen molar-refractivity contribution in [3.63, 3.8) is 0 Å². The van der Waals surface area contributed by atoms with Gasteiger partial charge in [0.1, 0.15) is 0 Å². The second-order valence-electron chi connectivity index (χ2n) is 6.74. The molecular weight excluding hydrogens is 356 g/mol. The SMILES string of the molecule is O=C(NNC(=O)c1nn(-c2ccccc2)cc1O)c1ccc2c(c1)CCCC2. The van der Waals surface area contributed by atoms with E-state index in [1.165, 1.54) is 28.4 Å². The Morgan fingerprint density at radius 2 is 1.64 bits per heavy atom. The summed E-state index contributed by atoms with van der Waals surface area (Å²) in [6.07, 6.45) is 5.65. The largest absolute Gasteiger partial charge is 0.504 e. The van der Waals surface area contributed by atoms with Gasteiger partial charge >= 0.3 is 0 Å². The van der Waals surface area contributed by atoms with E-state index in [0.29, 0.717) is 11.3 Å². The Labute approximate surface area is 162 Å². The Morgan fingerprint density at radius 1 is 0.929 bits per heavy atom. The Morgan fingerprint density at radius 3 is 2.43 bits per heavy atom. The zero-order valence-corrected chi connectivity index (χ0v) is 15.2. The van der Waals surface area contributed by atoms with Crippen LogP contribution in [0.3, 0.4) is 0 Å². The van der Waals surface area contributed by atoms with Crippen molar-refractivity contribution in [2.75, 3.05) is 0 Å². The van der Waals surface area contributed by atoms with Gasteiger partial charge in [0.15, 0.2) is 11.4 Å². The topological polar surface area (TPSA) is 96.3 Å². The summed E-state index contributed by atoms with van der Waals surface area (Å²) in [4.78, 5) is 24.7. The number of amides is 2. The minimum Gasteiger partial charge on any atom is -0.504 e. The molecule has 1 aliphatic rings. The lowest BCUT2D eigenvalue weighted by atomic mass is 9.90. The molecule has 7 heteroatoms. The van der Waals surface area contributed by atoms with Crippen LogP contribution in [0.15, 0.2) is 54.7 Å². The Hall–Kier alpha value is -3.61. The molecule has 1 heterocycles. The minimum atomic E-state index is -0.696. The van der Waals surface area contributed by atoms with Gasteiger partial charge in [0.25, 0.3) is 11.8 Å². The average molecular weight is 376 g/mol. The molecule has 0 saturated carbocycles. The highest BCUT2D eigenvalue weighted by molar-refractivity contribution is 5.99. The molecule has 0 bridgehead atoms. The van der Waals surface area contributed by atoms with Crippen LogP contribution >= 0.6 is 0 Å². The summed E-state index contributed by atoms with van der Waals surface area (Å²) in [5.41, 5.74) is 8.17. The van der Waals surface area contributed by atoms with Gasteiger partial charge in [-0.1, -0.05) is 24.3 Å². The normalized spacial score (nSPS) is 12.9. The van der Waals surface area contributed by atoms with Gasteiger partial charge in [-0.05, 0) is 61.1 Å². The summed E-state index contributed by atoms with van der Waals surface area (Å²) in [7, 11) is 0. The van der Waals surface area contributed by atoms with Crippen LogP contribution in [-0.4, -0.2) is 26.7 Å². The Kier molecular flexibility index (Phi) is 4.80. The number of nitrogens with one attached hydrogen (secondary N) is 2. The molecule has 0 radical (unpaired) electrons. The van der Waals surface area contributed by atoms with Gasteiger partial charge in [0.2, 0.25) is 0 Å². The number of aryl methyl sites for hydroxylation is 2. The van der Waals surface area contributed by atoms with E-state index in [4.69, 9.17) is 0 Å². The number of nitrogens with zero attached hydrogens (tertiary/aromatic N) is 2. The standard InChI is InChI=1S/C21H20N4O3/c26-18-13-25(17-8-2-1-3-9-17)24-19(18)21(28)23-22-20(27)16-11-10-14-6-4-5-7-15(14)12-16/h1-3,8-13,26H,4-7H2,(H,22,27)(H,23,28). The van der Waals surface area contributed by atoms with Crippen LogP contribution in [0.1, 0.15) is 44.8 Å². The maximum Gasteiger partial charge on any atom is 0.294 e. The highest BCUT2D eigenvalue weighted by Gasteiger charge is 2.18. The number of carbonyl (C=O) groups is 2. The lowest BCUT2D eigenvalue weighted by Crippen LogP contribution is -2.41. The maximum atomic E-state index is 12.4. The van der Waals surface area contributed by atoms with Gasteiger partial charge in [-0.25, -0.2) is 4.68 Å². The number of carbonyl (C=O) groups excluding carboxylic acids is 2. The smallest absolute Gasteiger partial charge is 0.294 e. The molecule has 28 heavy (non-hydrogen) atoms. The minimum absolute atomic E-state index is 0.172. The molecule has 4 rings (SSSR count). The molecule has 0 atom stereocenters. The summed E-state index contributed by atoms with van der Waals surface area (Å²) >= 11 is 0. The third-order valence-electron chi connectivity index (χ3n) is 4.83. The number of rotatable bonds is 3. The number of fused-ring (bicyclic) bond motifs is 1. The molecule has 0 unspecified atom stereocenters. The van der Waals surface area contributed by atoms with Crippen LogP contribution in [0, 0.1) is 0 Å². The summed E-state index contributed by atoms with van der Waals surface area (Å²) in [6.45, 7) is 0. The van der Waals surface area contributed by atoms with E-state index >= 15 is 0 Å². The molecule has 0 fully saturated rings. The summed E-state index contributed by atoms with van der Waals surface area (Å²) in [6, 6.07) is 14.7. The van der Waals surface area contributed by atoms with Gasteiger partial charge < -0.3 is 5.11 Å². The molecule has 1 aromatic heterocycles. The second kappa shape index (κ2) is 7.56. The average Bonchev–Trinajstić information content (AvgIpc) is 3.14. The predicted octanol–water partition coefficient (Wildman–Crippen LogP) is 2.53. The fourth-order valence-electron chi connectivity index (χ4n) is 3.36. The number of hydrogen-bond donors (Lipinski definition) is 3. The lowest BCUT2D eigenvalue weighted by molar-refractivity contribution is 0.0842. The highest BCUT2D eigenvalue weighted by Crippen LogP contribution is 2.22. The Balaban J connectivity index is 1.43. The molecule has 0 saturated heterocycles. The molecule has 142 valence electrons. The predicted molar refractivity (Wildman–Crippen MR) is 103 cm³/mol. The first-order chi connectivity index (χ1) is 13.6. The third kappa shape index (κ3) is 3.59. The van der Waals surface area contributed by atoms with E-state index < -0.39 is 11.8 Å². The van der Waals surface area contributed by atoms with Crippen molar-refractivity contribution in [3.05, 3.63) is 77.1 Å². The van der Waals surface area contributed by atoms with Crippen LogP contribution in [-0.2, 0) is 12.8 Å². The summed E-state index contributed by atoms with van der Waals surface area (Å²) in [5.74, 6) is -1.38. The number of aromatic nitrogens is 2. The molecule has 3 N–H and O–H groups in total. The van der Waals surface area contributed by atoms with E-state index in [-0.39, 0.29) is 11.4 Å².